The molecule has 0 heterocycles. The zero-order valence-corrected chi connectivity index (χ0v) is 8.41. The van der Waals surface area contributed by atoms with Gasteiger partial charge in [0, 0.05) is 6.54 Å². The Kier molecular flexibility index (Phi) is 3.59. The lowest BCUT2D eigenvalue weighted by Crippen LogP contribution is -2.00. The van der Waals surface area contributed by atoms with Crippen LogP contribution >= 0.6 is 0 Å². The molecule has 0 aliphatic carbocycles. The van der Waals surface area contributed by atoms with Crippen LogP contribution < -0.4 is 15.2 Å². The first-order chi connectivity index (χ1) is 6.72. The fourth-order valence-electron chi connectivity index (χ4n) is 1.23. The van der Waals surface area contributed by atoms with Gasteiger partial charge >= 0.3 is 0 Å². The van der Waals surface area contributed by atoms with Crippen LogP contribution in [-0.2, 0) is 6.54 Å². The Hall–Kier alpha value is -1.42. The van der Waals surface area contributed by atoms with Gasteiger partial charge in [-0.2, -0.15) is 0 Å². The van der Waals surface area contributed by atoms with Gasteiger partial charge in [-0.1, -0.05) is 0 Å². The number of phenols is 1. The molecule has 14 heavy (non-hydrogen) atoms. The second kappa shape index (κ2) is 4.72. The van der Waals surface area contributed by atoms with Gasteiger partial charge in [0.05, 0.1) is 13.7 Å². The number of phenolic OH excluding ortho intramolecular Hbond substituents is 1. The van der Waals surface area contributed by atoms with E-state index in [4.69, 9.17) is 15.2 Å². The first-order valence-electron chi connectivity index (χ1n) is 4.45. The average molecular weight is 197 g/mol. The van der Waals surface area contributed by atoms with Gasteiger partial charge in [-0.25, -0.2) is 0 Å². The summed E-state index contributed by atoms with van der Waals surface area (Å²) in [6, 6.07) is 3.34. The number of rotatable bonds is 4. The number of hydrogen-bond donors (Lipinski definition) is 2. The predicted molar refractivity (Wildman–Crippen MR) is 53.7 cm³/mol. The summed E-state index contributed by atoms with van der Waals surface area (Å²) in [5, 5.41) is 9.57. The number of methoxy groups -OCH3 is 1. The monoisotopic (exact) mass is 197 g/mol. The molecule has 0 aliphatic heterocycles. The summed E-state index contributed by atoms with van der Waals surface area (Å²) in [6.07, 6.45) is 0. The molecule has 0 saturated heterocycles. The fraction of sp³-hybridized carbons (Fsp3) is 0.400. The molecule has 0 saturated carbocycles. The van der Waals surface area contributed by atoms with Gasteiger partial charge in [-0.15, -0.1) is 0 Å². The Morgan fingerprint density at radius 2 is 2.14 bits per heavy atom. The molecular formula is C10H15NO3. The standard InChI is InChI=1S/C10H15NO3/c1-3-14-9-5-7(6-11)4-8(12)10(9)13-2/h4-5,12H,3,6,11H2,1-2H3. The van der Waals surface area contributed by atoms with Crippen molar-refractivity contribution in [3.05, 3.63) is 17.7 Å². The maximum atomic E-state index is 9.57. The summed E-state index contributed by atoms with van der Waals surface area (Å²) < 4.78 is 10.3. The summed E-state index contributed by atoms with van der Waals surface area (Å²) >= 11 is 0. The molecule has 0 fully saturated rings. The Bertz CT molecular complexity index is 312. The van der Waals surface area contributed by atoms with Crippen LogP contribution in [0.4, 0.5) is 0 Å². The van der Waals surface area contributed by atoms with E-state index in [-0.39, 0.29) is 5.75 Å². The van der Waals surface area contributed by atoms with Crippen molar-refractivity contribution in [1.29, 1.82) is 0 Å². The largest absolute Gasteiger partial charge is 0.504 e. The zero-order chi connectivity index (χ0) is 10.6. The minimum atomic E-state index is 0.0545. The van der Waals surface area contributed by atoms with Gasteiger partial charge in [-0.3, -0.25) is 0 Å². The van der Waals surface area contributed by atoms with Crippen LogP contribution in [0.3, 0.4) is 0 Å². The fourth-order valence-corrected chi connectivity index (χ4v) is 1.23. The number of aromatic hydroxyl groups is 1. The number of ether oxygens (including phenoxy) is 2. The summed E-state index contributed by atoms with van der Waals surface area (Å²) in [7, 11) is 1.49. The van der Waals surface area contributed by atoms with Crippen LogP contribution in [-0.4, -0.2) is 18.8 Å². The van der Waals surface area contributed by atoms with E-state index in [1.165, 1.54) is 7.11 Å². The maximum absolute atomic E-state index is 9.57. The lowest BCUT2D eigenvalue weighted by Gasteiger charge is -2.12. The van der Waals surface area contributed by atoms with Gasteiger partial charge in [0.2, 0.25) is 5.75 Å². The SMILES string of the molecule is CCOc1cc(CN)cc(O)c1OC. The highest BCUT2D eigenvalue weighted by molar-refractivity contribution is 5.52. The van der Waals surface area contributed by atoms with Crippen LogP contribution in [0, 0.1) is 0 Å². The minimum Gasteiger partial charge on any atom is -0.504 e. The van der Waals surface area contributed by atoms with Crippen molar-refractivity contribution in [2.75, 3.05) is 13.7 Å². The van der Waals surface area contributed by atoms with Crippen molar-refractivity contribution in [3.8, 4) is 17.2 Å². The third-order valence-corrected chi connectivity index (χ3v) is 1.83. The van der Waals surface area contributed by atoms with Gasteiger partial charge in [0.25, 0.3) is 0 Å². The van der Waals surface area contributed by atoms with Crippen LogP contribution in [0.15, 0.2) is 12.1 Å². The summed E-state index contributed by atoms with van der Waals surface area (Å²) in [5.41, 5.74) is 6.28. The average Bonchev–Trinajstić information content (AvgIpc) is 2.18. The molecule has 4 nitrogen and oxygen atoms in total. The normalized spacial score (nSPS) is 9.93. The molecule has 1 aromatic carbocycles. The highest BCUT2D eigenvalue weighted by Crippen LogP contribution is 2.37. The zero-order valence-electron chi connectivity index (χ0n) is 8.41. The van der Waals surface area contributed by atoms with Crippen molar-refractivity contribution in [1.82, 2.24) is 0 Å². The lowest BCUT2D eigenvalue weighted by molar-refractivity contribution is 0.300. The maximum Gasteiger partial charge on any atom is 0.203 e. The molecule has 0 aliphatic rings. The number of benzene rings is 1. The molecule has 0 amide bonds. The molecular weight excluding hydrogens is 182 g/mol. The smallest absolute Gasteiger partial charge is 0.203 e. The molecule has 0 aromatic heterocycles. The van der Waals surface area contributed by atoms with E-state index in [0.29, 0.717) is 24.7 Å². The Balaban J connectivity index is 3.13. The Morgan fingerprint density at radius 3 is 2.64 bits per heavy atom. The second-order valence-electron chi connectivity index (χ2n) is 2.78. The molecule has 0 radical (unpaired) electrons. The Labute approximate surface area is 83.3 Å². The van der Waals surface area contributed by atoms with E-state index < -0.39 is 0 Å². The summed E-state index contributed by atoms with van der Waals surface area (Å²) in [6.45, 7) is 2.74. The van der Waals surface area contributed by atoms with Gasteiger partial charge in [0.1, 0.15) is 0 Å². The van der Waals surface area contributed by atoms with Crippen molar-refractivity contribution < 1.29 is 14.6 Å². The van der Waals surface area contributed by atoms with E-state index in [9.17, 15) is 5.11 Å². The first kappa shape index (κ1) is 10.7. The molecule has 0 spiro atoms. The van der Waals surface area contributed by atoms with E-state index in [1.54, 1.807) is 12.1 Å². The quantitative estimate of drug-likeness (QED) is 0.762. The van der Waals surface area contributed by atoms with Gasteiger partial charge < -0.3 is 20.3 Å². The van der Waals surface area contributed by atoms with Crippen molar-refractivity contribution in [2.24, 2.45) is 5.73 Å². The van der Waals surface area contributed by atoms with Crippen LogP contribution in [0.25, 0.3) is 0 Å². The number of hydrogen-bond acceptors (Lipinski definition) is 4. The van der Waals surface area contributed by atoms with E-state index in [1.807, 2.05) is 6.92 Å². The van der Waals surface area contributed by atoms with Crippen molar-refractivity contribution in [3.63, 3.8) is 0 Å². The number of nitrogens with two attached hydrogens (primary N) is 1. The molecule has 3 N–H and O–H groups in total. The summed E-state index contributed by atoms with van der Waals surface area (Å²) in [5.74, 6) is 0.929. The third kappa shape index (κ3) is 2.09. The van der Waals surface area contributed by atoms with Crippen LogP contribution in [0.1, 0.15) is 12.5 Å². The van der Waals surface area contributed by atoms with Crippen LogP contribution in [0.5, 0.6) is 17.2 Å². The third-order valence-electron chi connectivity index (χ3n) is 1.83. The molecule has 0 atom stereocenters. The van der Waals surface area contributed by atoms with Gasteiger partial charge in [-0.05, 0) is 24.6 Å². The van der Waals surface area contributed by atoms with E-state index in [0.717, 1.165) is 5.56 Å². The highest BCUT2D eigenvalue weighted by Gasteiger charge is 2.11. The molecule has 0 unspecified atom stereocenters. The lowest BCUT2D eigenvalue weighted by atomic mass is 10.2. The second-order valence-corrected chi connectivity index (χ2v) is 2.78. The molecule has 0 bridgehead atoms. The van der Waals surface area contributed by atoms with Crippen molar-refractivity contribution in [2.45, 2.75) is 13.5 Å². The highest BCUT2D eigenvalue weighted by atomic mass is 16.5. The predicted octanol–water partition coefficient (Wildman–Crippen LogP) is 1.26. The molecule has 78 valence electrons. The summed E-state index contributed by atoms with van der Waals surface area (Å²) in [4.78, 5) is 0. The molecule has 4 heteroatoms. The molecule has 1 aromatic rings. The topological polar surface area (TPSA) is 64.7 Å². The Morgan fingerprint density at radius 1 is 1.43 bits per heavy atom. The minimum absolute atomic E-state index is 0.0545. The van der Waals surface area contributed by atoms with E-state index in [2.05, 4.69) is 0 Å². The van der Waals surface area contributed by atoms with Gasteiger partial charge in [0.15, 0.2) is 11.5 Å². The van der Waals surface area contributed by atoms with Crippen molar-refractivity contribution >= 4 is 0 Å². The molecule has 1 rings (SSSR count). The first-order valence-corrected chi connectivity index (χ1v) is 4.45. The van der Waals surface area contributed by atoms with Crippen LogP contribution in [0.2, 0.25) is 0 Å². The van der Waals surface area contributed by atoms with E-state index >= 15 is 0 Å².